The molecule has 1 saturated heterocycles. The average Bonchev–Trinajstić information content (AvgIpc) is 3.23. The fourth-order valence-corrected chi connectivity index (χ4v) is 5.49. The van der Waals surface area contributed by atoms with Crippen molar-refractivity contribution in [3.63, 3.8) is 0 Å². The van der Waals surface area contributed by atoms with Crippen molar-refractivity contribution >= 4 is 75.1 Å². The number of aromatic nitrogens is 2. The van der Waals surface area contributed by atoms with Gasteiger partial charge in [0.1, 0.15) is 5.25 Å². The smallest absolute Gasteiger partial charge is 0.338 e. The number of ether oxygens (including phenoxy) is 1. The van der Waals surface area contributed by atoms with Gasteiger partial charge in [-0.25, -0.2) is 14.7 Å². The lowest BCUT2D eigenvalue weighted by Crippen LogP contribution is -2.31. The minimum Gasteiger partial charge on any atom is -0.454 e. The summed E-state index contributed by atoms with van der Waals surface area (Å²) in [5.74, 6) is -2.09. The molecule has 1 aliphatic heterocycles. The van der Waals surface area contributed by atoms with Crippen LogP contribution in [0.3, 0.4) is 0 Å². The number of fused-ring (bicyclic) bond motifs is 1. The normalized spacial score (nSPS) is 15.1. The number of halogens is 2. The standard InChI is InChI=1S/C28H19Cl2N3O6S/c1-32-25(36)18-4-2-3-5-21(18)31-28(32)40-23-13-24(35)33(26(23)37)17-9-6-15(7-10-17)27(38)39-14-22(34)16-8-11-19(29)20(30)12-16/h2-12,23H,13-14H2,1H3. The Morgan fingerprint density at radius 1 is 0.975 bits per heavy atom. The molecule has 1 aromatic heterocycles. The van der Waals surface area contributed by atoms with Gasteiger partial charge in [0.15, 0.2) is 17.5 Å². The molecule has 0 saturated carbocycles. The first-order chi connectivity index (χ1) is 19.1. The number of hydrogen-bond acceptors (Lipinski definition) is 8. The number of anilines is 1. The van der Waals surface area contributed by atoms with E-state index in [0.29, 0.717) is 21.1 Å². The van der Waals surface area contributed by atoms with Crippen LogP contribution in [0.25, 0.3) is 10.9 Å². The maximum absolute atomic E-state index is 13.2. The molecule has 12 heteroatoms. The summed E-state index contributed by atoms with van der Waals surface area (Å²) in [5.41, 5.74) is 0.911. The Morgan fingerprint density at radius 3 is 2.40 bits per heavy atom. The summed E-state index contributed by atoms with van der Waals surface area (Å²) in [7, 11) is 1.57. The molecule has 202 valence electrons. The Bertz CT molecular complexity index is 1760. The number of thioether (sulfide) groups is 1. The lowest BCUT2D eigenvalue weighted by atomic mass is 10.1. The van der Waals surface area contributed by atoms with Crippen LogP contribution >= 0.6 is 35.0 Å². The van der Waals surface area contributed by atoms with E-state index >= 15 is 0 Å². The highest BCUT2D eigenvalue weighted by atomic mass is 35.5. The van der Waals surface area contributed by atoms with Crippen LogP contribution in [0.2, 0.25) is 10.0 Å². The minimum atomic E-state index is -0.774. The van der Waals surface area contributed by atoms with Crippen LogP contribution < -0.4 is 10.5 Å². The fraction of sp³-hybridized carbons (Fsp3) is 0.143. The van der Waals surface area contributed by atoms with Crippen LogP contribution in [0, 0.1) is 0 Å². The summed E-state index contributed by atoms with van der Waals surface area (Å²) in [6, 6.07) is 16.9. The van der Waals surface area contributed by atoms with Gasteiger partial charge in [-0.3, -0.25) is 23.7 Å². The summed E-state index contributed by atoms with van der Waals surface area (Å²) >= 11 is 12.8. The zero-order chi connectivity index (χ0) is 28.6. The average molecular weight is 596 g/mol. The summed E-state index contributed by atoms with van der Waals surface area (Å²) in [6.07, 6.45) is -0.0766. The van der Waals surface area contributed by atoms with Crippen LogP contribution in [0.1, 0.15) is 27.1 Å². The summed E-state index contributed by atoms with van der Waals surface area (Å²) in [4.78, 5) is 69.0. The van der Waals surface area contributed by atoms with Crippen LogP contribution in [-0.4, -0.2) is 45.0 Å². The molecule has 3 aromatic carbocycles. The lowest BCUT2D eigenvalue weighted by Gasteiger charge is -2.16. The van der Waals surface area contributed by atoms with Crippen molar-refractivity contribution in [2.45, 2.75) is 16.8 Å². The topological polar surface area (TPSA) is 116 Å². The molecule has 1 aliphatic rings. The predicted octanol–water partition coefficient (Wildman–Crippen LogP) is 4.70. The Labute approximate surface area is 241 Å². The second kappa shape index (κ2) is 11.2. The Balaban J connectivity index is 1.25. The zero-order valence-electron chi connectivity index (χ0n) is 20.8. The molecular formula is C28H19Cl2N3O6S. The largest absolute Gasteiger partial charge is 0.454 e. The molecule has 0 bridgehead atoms. The molecule has 1 unspecified atom stereocenters. The van der Waals surface area contributed by atoms with E-state index in [4.69, 9.17) is 27.9 Å². The molecule has 0 spiro atoms. The van der Waals surface area contributed by atoms with Crippen molar-refractivity contribution in [3.05, 3.63) is 98.3 Å². The van der Waals surface area contributed by atoms with Crippen molar-refractivity contribution in [1.82, 2.24) is 9.55 Å². The molecule has 4 aromatic rings. The predicted molar refractivity (Wildman–Crippen MR) is 151 cm³/mol. The highest BCUT2D eigenvalue weighted by Crippen LogP contribution is 2.33. The van der Waals surface area contributed by atoms with Gasteiger partial charge in [0.25, 0.3) is 5.56 Å². The lowest BCUT2D eigenvalue weighted by molar-refractivity contribution is -0.121. The quantitative estimate of drug-likeness (QED) is 0.131. The second-order valence-corrected chi connectivity index (χ2v) is 10.8. The third kappa shape index (κ3) is 5.38. The maximum atomic E-state index is 13.2. The van der Waals surface area contributed by atoms with Gasteiger partial charge in [0.2, 0.25) is 11.8 Å². The molecule has 9 nitrogen and oxygen atoms in total. The third-order valence-corrected chi connectivity index (χ3v) is 8.20. The molecule has 2 heterocycles. The first-order valence-electron chi connectivity index (χ1n) is 11.9. The Hall–Kier alpha value is -3.99. The van der Waals surface area contributed by atoms with Crippen molar-refractivity contribution in [2.75, 3.05) is 11.5 Å². The number of esters is 1. The molecule has 1 atom stereocenters. The SMILES string of the molecule is Cn1c(SC2CC(=O)N(c3ccc(C(=O)OCC(=O)c4ccc(Cl)c(Cl)c4)cc3)C2=O)nc2ccccc2c1=O. The van der Waals surface area contributed by atoms with E-state index in [0.717, 1.165) is 16.7 Å². The van der Waals surface area contributed by atoms with Crippen LogP contribution in [-0.2, 0) is 21.4 Å². The summed E-state index contributed by atoms with van der Waals surface area (Å²) in [6.45, 7) is -0.508. The molecule has 0 radical (unpaired) electrons. The van der Waals surface area contributed by atoms with E-state index in [1.165, 1.54) is 47.0 Å². The van der Waals surface area contributed by atoms with Gasteiger partial charge in [-0.05, 0) is 54.6 Å². The minimum absolute atomic E-state index is 0.0766. The van der Waals surface area contributed by atoms with Gasteiger partial charge in [-0.15, -0.1) is 0 Å². The van der Waals surface area contributed by atoms with Gasteiger partial charge in [0, 0.05) is 19.0 Å². The molecular weight excluding hydrogens is 577 g/mol. The van der Waals surface area contributed by atoms with Crippen LogP contribution in [0.15, 0.2) is 76.7 Å². The number of carbonyl (C=O) groups excluding carboxylic acids is 4. The number of hydrogen-bond donors (Lipinski definition) is 0. The first-order valence-corrected chi connectivity index (χ1v) is 13.5. The molecule has 1 fully saturated rings. The van der Waals surface area contributed by atoms with Gasteiger partial charge in [0.05, 0.1) is 32.2 Å². The number of Topliss-reactive ketones (excluding diaryl/α,β-unsaturated/α-hetero) is 1. The van der Waals surface area contributed by atoms with Gasteiger partial charge in [-0.1, -0.05) is 47.1 Å². The van der Waals surface area contributed by atoms with E-state index in [1.807, 2.05) is 0 Å². The maximum Gasteiger partial charge on any atom is 0.338 e. The molecule has 40 heavy (non-hydrogen) atoms. The number of benzene rings is 3. The molecule has 5 rings (SSSR count). The first kappa shape index (κ1) is 27.6. The summed E-state index contributed by atoms with van der Waals surface area (Å²) < 4.78 is 6.47. The monoisotopic (exact) mass is 595 g/mol. The van der Waals surface area contributed by atoms with Crippen molar-refractivity contribution in [1.29, 1.82) is 0 Å². The highest BCUT2D eigenvalue weighted by Gasteiger charge is 2.41. The number of para-hydroxylation sites is 1. The van der Waals surface area contributed by atoms with E-state index in [1.54, 1.807) is 31.3 Å². The van der Waals surface area contributed by atoms with E-state index < -0.39 is 35.4 Å². The number of nitrogens with zero attached hydrogens (tertiary/aromatic N) is 3. The fourth-order valence-electron chi connectivity index (χ4n) is 4.11. The third-order valence-electron chi connectivity index (χ3n) is 6.23. The Kier molecular flexibility index (Phi) is 7.75. The van der Waals surface area contributed by atoms with Gasteiger partial charge in [-0.2, -0.15) is 0 Å². The highest BCUT2D eigenvalue weighted by molar-refractivity contribution is 8.00. The number of amides is 2. The van der Waals surface area contributed by atoms with E-state index in [9.17, 15) is 24.0 Å². The summed E-state index contributed by atoms with van der Waals surface area (Å²) in [5, 5.41) is 0.515. The number of ketones is 1. The van der Waals surface area contributed by atoms with E-state index in [2.05, 4.69) is 4.98 Å². The van der Waals surface area contributed by atoms with Crippen molar-refractivity contribution in [3.8, 4) is 0 Å². The molecule has 2 amide bonds. The zero-order valence-corrected chi connectivity index (χ0v) is 23.1. The van der Waals surface area contributed by atoms with Crippen LogP contribution in [0.4, 0.5) is 5.69 Å². The van der Waals surface area contributed by atoms with Crippen molar-refractivity contribution < 1.29 is 23.9 Å². The Morgan fingerprint density at radius 2 is 1.68 bits per heavy atom. The molecule has 0 N–H and O–H groups in total. The molecule has 0 aliphatic carbocycles. The number of imide groups is 1. The van der Waals surface area contributed by atoms with Gasteiger partial charge >= 0.3 is 5.97 Å². The van der Waals surface area contributed by atoms with Crippen molar-refractivity contribution in [2.24, 2.45) is 7.05 Å². The second-order valence-electron chi connectivity index (χ2n) is 8.83. The number of carbonyl (C=O) groups is 4. The van der Waals surface area contributed by atoms with E-state index in [-0.39, 0.29) is 33.8 Å². The number of rotatable bonds is 7. The van der Waals surface area contributed by atoms with Gasteiger partial charge < -0.3 is 4.74 Å². The van der Waals surface area contributed by atoms with Crippen LogP contribution in [0.5, 0.6) is 0 Å².